The molecular weight excluding hydrogens is 410 g/mol. The number of carbonyl (C=O) groups is 2. The fraction of sp³-hybridized carbons (Fsp3) is 0.333. The fourth-order valence-corrected chi connectivity index (χ4v) is 3.96. The zero-order chi connectivity index (χ0) is 22.1. The topological polar surface area (TPSA) is 70.7 Å². The third kappa shape index (κ3) is 6.87. The molecule has 7 heteroatoms. The predicted octanol–water partition coefficient (Wildman–Crippen LogP) is 3.87. The third-order valence-corrected chi connectivity index (χ3v) is 5.73. The average molecular weight is 440 g/mol. The van der Waals surface area contributed by atoms with Gasteiger partial charge >= 0.3 is 0 Å². The highest BCUT2D eigenvalue weighted by molar-refractivity contribution is 8.02. The molecule has 0 spiro atoms. The van der Waals surface area contributed by atoms with Crippen LogP contribution in [-0.2, 0) is 16.1 Å². The van der Waals surface area contributed by atoms with E-state index in [1.54, 1.807) is 29.7 Å². The van der Waals surface area contributed by atoms with Gasteiger partial charge in [0.15, 0.2) is 5.76 Å². The van der Waals surface area contributed by atoms with Gasteiger partial charge in [0.25, 0.3) is 11.8 Å². The highest BCUT2D eigenvalue weighted by Gasteiger charge is 2.20. The number of hydrogen-bond donors (Lipinski definition) is 2. The van der Waals surface area contributed by atoms with Crippen LogP contribution in [0.25, 0.3) is 0 Å². The summed E-state index contributed by atoms with van der Waals surface area (Å²) in [6, 6.07) is 17.3. The number of para-hydroxylation sites is 1. The van der Waals surface area contributed by atoms with Crippen molar-refractivity contribution >= 4 is 29.3 Å². The summed E-state index contributed by atoms with van der Waals surface area (Å²) in [5.41, 5.74) is 2.14. The molecule has 0 radical (unpaired) electrons. The molecule has 3 rings (SSSR count). The summed E-state index contributed by atoms with van der Waals surface area (Å²) in [6.45, 7) is 4.09. The van der Waals surface area contributed by atoms with E-state index in [0.29, 0.717) is 17.9 Å². The number of rotatable bonds is 9. The minimum absolute atomic E-state index is 0.00856. The largest absolute Gasteiger partial charge is 0.487 e. The summed E-state index contributed by atoms with van der Waals surface area (Å²) in [5, 5.41) is 7.63. The summed E-state index contributed by atoms with van der Waals surface area (Å²) < 4.78 is 5.41. The molecular formula is C24H29N3O3S. The molecule has 31 heavy (non-hydrogen) atoms. The lowest BCUT2D eigenvalue weighted by Gasteiger charge is -2.24. The molecule has 0 aromatic heterocycles. The highest BCUT2D eigenvalue weighted by atomic mass is 32.2. The number of nitrogens with one attached hydrogen (secondary N) is 2. The van der Waals surface area contributed by atoms with Crippen LogP contribution in [-0.4, -0.2) is 48.7 Å². The zero-order valence-electron chi connectivity index (χ0n) is 18.0. The molecule has 0 fully saturated rings. The number of likely N-dealkylation sites (N-methyl/N-ethyl adjacent to an activating group) is 1. The molecule has 1 atom stereocenters. The van der Waals surface area contributed by atoms with Gasteiger partial charge in [-0.3, -0.25) is 9.59 Å². The van der Waals surface area contributed by atoms with Gasteiger partial charge in [-0.05, 0) is 31.2 Å². The molecule has 0 saturated carbocycles. The Morgan fingerprint density at radius 1 is 1.10 bits per heavy atom. The van der Waals surface area contributed by atoms with Gasteiger partial charge in [-0.2, -0.15) is 0 Å². The normalized spacial score (nSPS) is 14.4. The van der Waals surface area contributed by atoms with E-state index < -0.39 is 0 Å². The standard InChI is InChI=1S/C24H29N3O3S/c1-3-19(16-27(2)15-18-9-5-4-6-10-18)25-23(28)20-11-7-8-12-21(20)26-24(29)22-17-31-14-13-30-22/h4-12,17,19H,3,13-16H2,1-2H3,(H,25,28)(H,26,29). The van der Waals surface area contributed by atoms with Gasteiger partial charge in [-0.25, -0.2) is 0 Å². The second kappa shape index (κ2) is 11.6. The summed E-state index contributed by atoms with van der Waals surface area (Å²) in [5.74, 6) is 0.554. The van der Waals surface area contributed by atoms with Crippen LogP contribution in [0.5, 0.6) is 0 Å². The summed E-state index contributed by atoms with van der Waals surface area (Å²) in [4.78, 5) is 27.7. The Kier molecular flexibility index (Phi) is 8.55. The summed E-state index contributed by atoms with van der Waals surface area (Å²) in [7, 11) is 2.05. The van der Waals surface area contributed by atoms with E-state index in [9.17, 15) is 9.59 Å². The fourth-order valence-electron chi connectivity index (χ4n) is 3.34. The van der Waals surface area contributed by atoms with Crippen LogP contribution < -0.4 is 10.6 Å². The van der Waals surface area contributed by atoms with E-state index >= 15 is 0 Å². The molecule has 2 amide bonds. The molecule has 1 aliphatic rings. The predicted molar refractivity (Wildman–Crippen MR) is 126 cm³/mol. The van der Waals surface area contributed by atoms with Crippen LogP contribution in [0.1, 0.15) is 29.3 Å². The Morgan fingerprint density at radius 2 is 1.84 bits per heavy atom. The highest BCUT2D eigenvalue weighted by Crippen LogP contribution is 2.20. The molecule has 0 bridgehead atoms. The van der Waals surface area contributed by atoms with E-state index in [4.69, 9.17) is 4.74 Å². The number of benzene rings is 2. The number of anilines is 1. The summed E-state index contributed by atoms with van der Waals surface area (Å²) >= 11 is 1.54. The van der Waals surface area contributed by atoms with Gasteiger partial charge in [0.05, 0.1) is 17.9 Å². The SMILES string of the molecule is CCC(CN(C)Cc1ccccc1)NC(=O)c1ccccc1NC(=O)C1=CSCCO1. The number of thioether (sulfide) groups is 1. The minimum atomic E-state index is -0.345. The van der Waals surface area contributed by atoms with Crippen LogP contribution >= 0.6 is 11.8 Å². The van der Waals surface area contributed by atoms with E-state index in [1.807, 2.05) is 25.2 Å². The van der Waals surface area contributed by atoms with Crippen LogP contribution in [0, 0.1) is 0 Å². The minimum Gasteiger partial charge on any atom is -0.487 e. The number of nitrogens with zero attached hydrogens (tertiary/aromatic N) is 1. The molecule has 2 aromatic carbocycles. The van der Waals surface area contributed by atoms with Gasteiger partial charge in [-0.15, -0.1) is 11.8 Å². The quantitative estimate of drug-likeness (QED) is 0.621. The van der Waals surface area contributed by atoms with Crippen molar-refractivity contribution in [1.29, 1.82) is 0 Å². The molecule has 0 saturated heterocycles. The molecule has 0 aliphatic carbocycles. The van der Waals surface area contributed by atoms with E-state index in [-0.39, 0.29) is 23.6 Å². The molecule has 164 valence electrons. The van der Waals surface area contributed by atoms with E-state index in [2.05, 4.69) is 34.6 Å². The number of hydrogen-bond acceptors (Lipinski definition) is 5. The molecule has 1 aliphatic heterocycles. The maximum Gasteiger partial charge on any atom is 0.291 e. The first-order valence-electron chi connectivity index (χ1n) is 10.4. The lowest BCUT2D eigenvalue weighted by atomic mass is 10.1. The van der Waals surface area contributed by atoms with Gasteiger partial charge in [0, 0.05) is 30.3 Å². The van der Waals surface area contributed by atoms with Gasteiger partial charge < -0.3 is 20.3 Å². The Hall–Kier alpha value is -2.77. The van der Waals surface area contributed by atoms with E-state index in [0.717, 1.165) is 25.3 Å². The van der Waals surface area contributed by atoms with Crippen molar-refractivity contribution in [2.24, 2.45) is 0 Å². The maximum absolute atomic E-state index is 13.0. The van der Waals surface area contributed by atoms with Crippen molar-refractivity contribution in [3.8, 4) is 0 Å². The van der Waals surface area contributed by atoms with Crippen molar-refractivity contribution in [2.45, 2.75) is 25.9 Å². The Morgan fingerprint density at radius 3 is 2.55 bits per heavy atom. The summed E-state index contributed by atoms with van der Waals surface area (Å²) in [6.07, 6.45) is 0.803. The third-order valence-electron chi connectivity index (χ3n) is 4.95. The van der Waals surface area contributed by atoms with Crippen LogP contribution in [0.3, 0.4) is 0 Å². The van der Waals surface area contributed by atoms with Crippen molar-refractivity contribution in [3.05, 3.63) is 76.9 Å². The van der Waals surface area contributed by atoms with Crippen molar-refractivity contribution in [3.63, 3.8) is 0 Å². The second-order valence-electron chi connectivity index (χ2n) is 7.46. The van der Waals surface area contributed by atoms with Crippen molar-refractivity contribution < 1.29 is 14.3 Å². The molecule has 1 heterocycles. The lowest BCUT2D eigenvalue weighted by Crippen LogP contribution is -2.42. The first-order chi connectivity index (χ1) is 15.1. The van der Waals surface area contributed by atoms with Crippen LogP contribution in [0.15, 0.2) is 65.8 Å². The maximum atomic E-state index is 13.0. The number of ether oxygens (including phenoxy) is 1. The molecule has 6 nitrogen and oxygen atoms in total. The molecule has 2 aromatic rings. The molecule has 1 unspecified atom stereocenters. The van der Waals surface area contributed by atoms with Crippen LogP contribution in [0.4, 0.5) is 5.69 Å². The number of amides is 2. The smallest absolute Gasteiger partial charge is 0.291 e. The number of carbonyl (C=O) groups excluding carboxylic acids is 2. The first-order valence-corrected chi connectivity index (χ1v) is 11.5. The lowest BCUT2D eigenvalue weighted by molar-refractivity contribution is -0.116. The Bertz CT molecular complexity index is 917. The Labute approximate surface area is 188 Å². The zero-order valence-corrected chi connectivity index (χ0v) is 18.8. The first kappa shape index (κ1) is 22.9. The van der Waals surface area contributed by atoms with E-state index in [1.165, 1.54) is 17.3 Å². The van der Waals surface area contributed by atoms with Gasteiger partial charge in [0.2, 0.25) is 0 Å². The second-order valence-corrected chi connectivity index (χ2v) is 8.44. The van der Waals surface area contributed by atoms with Crippen molar-refractivity contribution in [2.75, 3.05) is 31.3 Å². The van der Waals surface area contributed by atoms with Gasteiger partial charge in [0.1, 0.15) is 0 Å². The van der Waals surface area contributed by atoms with Crippen LogP contribution in [0.2, 0.25) is 0 Å². The monoisotopic (exact) mass is 439 g/mol. The molecule has 2 N–H and O–H groups in total. The average Bonchev–Trinajstić information content (AvgIpc) is 2.80. The van der Waals surface area contributed by atoms with Gasteiger partial charge in [-0.1, -0.05) is 49.4 Å². The Balaban J connectivity index is 1.62. The van der Waals surface area contributed by atoms with Crippen molar-refractivity contribution in [1.82, 2.24) is 10.2 Å².